The van der Waals surface area contributed by atoms with Crippen molar-refractivity contribution in [2.24, 2.45) is 0 Å². The maximum absolute atomic E-state index is 12.6. The number of hydrogen-bond donors (Lipinski definition) is 1. The first-order valence-electron chi connectivity index (χ1n) is 8.05. The van der Waals surface area contributed by atoms with Crippen LogP contribution in [-0.2, 0) is 0 Å². The number of piperazine rings is 1. The number of hydrogen-bond acceptors (Lipinski definition) is 5. The van der Waals surface area contributed by atoms with E-state index in [-0.39, 0.29) is 5.91 Å². The number of aromatic nitrogens is 2. The summed E-state index contributed by atoms with van der Waals surface area (Å²) in [7, 11) is 0. The Balaban J connectivity index is 1.60. The van der Waals surface area contributed by atoms with Crippen molar-refractivity contribution in [2.75, 3.05) is 42.9 Å². The lowest BCUT2D eigenvalue weighted by Gasteiger charge is -2.35. The van der Waals surface area contributed by atoms with Crippen molar-refractivity contribution in [1.82, 2.24) is 15.1 Å². The molecule has 1 amide bonds. The van der Waals surface area contributed by atoms with Gasteiger partial charge in [0.05, 0.1) is 0 Å². The van der Waals surface area contributed by atoms with Gasteiger partial charge in [0.25, 0.3) is 5.91 Å². The van der Waals surface area contributed by atoms with Crippen LogP contribution < -0.4 is 10.2 Å². The highest BCUT2D eigenvalue weighted by atomic mass is 79.9. The molecule has 1 fully saturated rings. The van der Waals surface area contributed by atoms with Crippen molar-refractivity contribution in [3.8, 4) is 0 Å². The minimum absolute atomic E-state index is 0.0736. The third kappa shape index (κ3) is 3.84. The largest absolute Gasteiger partial charge is 0.369 e. The highest BCUT2D eigenvalue weighted by molar-refractivity contribution is 9.10. The minimum atomic E-state index is 0.0736. The Labute approximate surface area is 150 Å². The van der Waals surface area contributed by atoms with E-state index in [2.05, 4.69) is 36.3 Å². The average Bonchev–Trinajstić information content (AvgIpc) is 2.62. The zero-order valence-corrected chi connectivity index (χ0v) is 15.2. The van der Waals surface area contributed by atoms with Gasteiger partial charge in [0.1, 0.15) is 5.82 Å². The molecule has 1 aliphatic heterocycles. The third-order valence-electron chi connectivity index (χ3n) is 3.97. The van der Waals surface area contributed by atoms with E-state index in [9.17, 15) is 4.79 Å². The maximum atomic E-state index is 12.6. The van der Waals surface area contributed by atoms with Crippen LogP contribution in [0.4, 0.5) is 11.6 Å². The van der Waals surface area contributed by atoms with Gasteiger partial charge in [-0.25, -0.2) is 0 Å². The molecule has 3 rings (SSSR count). The van der Waals surface area contributed by atoms with Crippen molar-refractivity contribution >= 4 is 33.5 Å². The van der Waals surface area contributed by atoms with Gasteiger partial charge in [-0.2, -0.15) is 0 Å². The van der Waals surface area contributed by atoms with Gasteiger partial charge in [0.15, 0.2) is 5.82 Å². The molecule has 24 heavy (non-hydrogen) atoms. The monoisotopic (exact) mass is 389 g/mol. The second-order valence-electron chi connectivity index (χ2n) is 5.60. The Bertz CT molecular complexity index is 698. The SMILES string of the molecule is CCNc1ccc(N2CCN(C(=O)c3cccc(Br)c3)CC2)nn1. The standard InChI is InChI=1S/C17H20BrN5O/c1-2-19-15-6-7-16(21-20-15)22-8-10-23(11-9-22)17(24)13-4-3-5-14(18)12-13/h3-7,12H,2,8-11H2,1H3,(H,19,20). The van der Waals surface area contributed by atoms with E-state index in [1.165, 1.54) is 0 Å². The van der Waals surface area contributed by atoms with Gasteiger partial charge in [-0.3, -0.25) is 4.79 Å². The summed E-state index contributed by atoms with van der Waals surface area (Å²) in [5, 5.41) is 11.6. The number of carbonyl (C=O) groups excluding carboxylic acids is 1. The van der Waals surface area contributed by atoms with Gasteiger partial charge in [-0.05, 0) is 37.3 Å². The molecule has 1 N–H and O–H groups in total. The van der Waals surface area contributed by atoms with E-state index in [1.54, 1.807) is 0 Å². The molecule has 1 aliphatic rings. The number of halogens is 1. The summed E-state index contributed by atoms with van der Waals surface area (Å²) in [6.45, 7) is 5.73. The lowest BCUT2D eigenvalue weighted by Crippen LogP contribution is -2.49. The number of anilines is 2. The van der Waals surface area contributed by atoms with Crippen LogP contribution in [0.3, 0.4) is 0 Å². The zero-order chi connectivity index (χ0) is 16.9. The average molecular weight is 390 g/mol. The molecular formula is C17H20BrN5O. The van der Waals surface area contributed by atoms with Crippen molar-refractivity contribution in [1.29, 1.82) is 0 Å². The van der Waals surface area contributed by atoms with Crippen molar-refractivity contribution in [2.45, 2.75) is 6.92 Å². The first-order valence-corrected chi connectivity index (χ1v) is 8.84. The molecule has 2 aromatic rings. The Morgan fingerprint density at radius 1 is 1.17 bits per heavy atom. The Morgan fingerprint density at radius 3 is 2.58 bits per heavy atom. The van der Waals surface area contributed by atoms with E-state index in [0.717, 1.165) is 35.7 Å². The third-order valence-corrected chi connectivity index (χ3v) is 4.46. The molecule has 1 aromatic heterocycles. The lowest BCUT2D eigenvalue weighted by atomic mass is 10.2. The molecule has 0 aliphatic carbocycles. The van der Waals surface area contributed by atoms with Crippen LogP contribution in [0, 0.1) is 0 Å². The molecule has 0 radical (unpaired) electrons. The van der Waals surface area contributed by atoms with E-state index in [4.69, 9.17) is 0 Å². The van der Waals surface area contributed by atoms with Gasteiger partial charge in [0, 0.05) is 42.8 Å². The number of nitrogens with one attached hydrogen (secondary N) is 1. The number of carbonyl (C=O) groups is 1. The second-order valence-corrected chi connectivity index (χ2v) is 6.51. The summed E-state index contributed by atoms with van der Waals surface area (Å²) in [4.78, 5) is 16.6. The van der Waals surface area contributed by atoms with Crippen LogP contribution >= 0.6 is 15.9 Å². The summed E-state index contributed by atoms with van der Waals surface area (Å²) < 4.78 is 0.919. The summed E-state index contributed by atoms with van der Waals surface area (Å²) >= 11 is 3.41. The van der Waals surface area contributed by atoms with Gasteiger partial charge in [-0.15, -0.1) is 10.2 Å². The van der Waals surface area contributed by atoms with Crippen LogP contribution in [0.5, 0.6) is 0 Å². The number of rotatable bonds is 4. The van der Waals surface area contributed by atoms with Crippen LogP contribution in [0.15, 0.2) is 40.9 Å². The summed E-state index contributed by atoms with van der Waals surface area (Å²) in [5.41, 5.74) is 0.715. The first-order chi connectivity index (χ1) is 11.7. The van der Waals surface area contributed by atoms with Crippen molar-refractivity contribution < 1.29 is 4.79 Å². The molecule has 0 atom stereocenters. The van der Waals surface area contributed by atoms with Gasteiger partial charge >= 0.3 is 0 Å². The molecule has 0 spiro atoms. The van der Waals surface area contributed by atoms with E-state index >= 15 is 0 Å². The van der Waals surface area contributed by atoms with Crippen molar-refractivity contribution in [3.63, 3.8) is 0 Å². The predicted octanol–water partition coefficient (Wildman–Crippen LogP) is 2.63. The number of benzene rings is 1. The first kappa shape index (κ1) is 16.7. The summed E-state index contributed by atoms with van der Waals surface area (Å²) in [6, 6.07) is 11.4. The van der Waals surface area contributed by atoms with E-state index < -0.39 is 0 Å². The van der Waals surface area contributed by atoms with Gasteiger partial charge in [-0.1, -0.05) is 22.0 Å². The molecular weight excluding hydrogens is 370 g/mol. The molecule has 6 nitrogen and oxygen atoms in total. The number of nitrogens with zero attached hydrogens (tertiary/aromatic N) is 4. The fraction of sp³-hybridized carbons (Fsp3) is 0.353. The Morgan fingerprint density at radius 2 is 1.96 bits per heavy atom. The topological polar surface area (TPSA) is 61.4 Å². The molecule has 0 unspecified atom stereocenters. The van der Waals surface area contributed by atoms with E-state index in [0.29, 0.717) is 18.7 Å². The summed E-state index contributed by atoms with van der Waals surface area (Å²) in [6.07, 6.45) is 0. The normalized spacial score (nSPS) is 14.6. The maximum Gasteiger partial charge on any atom is 0.254 e. The van der Waals surface area contributed by atoms with Gasteiger partial charge < -0.3 is 15.1 Å². The second kappa shape index (κ2) is 7.61. The van der Waals surface area contributed by atoms with Crippen LogP contribution in [0.2, 0.25) is 0 Å². The highest BCUT2D eigenvalue weighted by Gasteiger charge is 2.23. The number of amides is 1. The highest BCUT2D eigenvalue weighted by Crippen LogP contribution is 2.17. The Hall–Kier alpha value is -2.15. The lowest BCUT2D eigenvalue weighted by molar-refractivity contribution is 0.0746. The molecule has 7 heteroatoms. The fourth-order valence-electron chi connectivity index (χ4n) is 2.71. The van der Waals surface area contributed by atoms with Crippen LogP contribution in [0.1, 0.15) is 17.3 Å². The van der Waals surface area contributed by atoms with Gasteiger partial charge in [0.2, 0.25) is 0 Å². The quantitative estimate of drug-likeness (QED) is 0.870. The minimum Gasteiger partial charge on any atom is -0.369 e. The molecule has 0 bridgehead atoms. The van der Waals surface area contributed by atoms with Crippen LogP contribution in [-0.4, -0.2) is 53.7 Å². The fourth-order valence-corrected chi connectivity index (χ4v) is 3.11. The van der Waals surface area contributed by atoms with Crippen molar-refractivity contribution in [3.05, 3.63) is 46.4 Å². The van der Waals surface area contributed by atoms with E-state index in [1.807, 2.05) is 48.2 Å². The zero-order valence-electron chi connectivity index (χ0n) is 13.6. The molecule has 1 aromatic carbocycles. The van der Waals surface area contributed by atoms with Crippen LogP contribution in [0.25, 0.3) is 0 Å². The smallest absolute Gasteiger partial charge is 0.254 e. The molecule has 1 saturated heterocycles. The molecule has 2 heterocycles. The summed E-state index contributed by atoms with van der Waals surface area (Å²) in [5.74, 6) is 1.71. The molecule has 0 saturated carbocycles. The Kier molecular flexibility index (Phi) is 5.30. The molecule has 126 valence electrons. The predicted molar refractivity (Wildman–Crippen MR) is 98.5 cm³/mol.